The number of ether oxygens (including phenoxy) is 1. The molecular formula is C10H17NO5. The number of amides is 1. The lowest BCUT2D eigenvalue weighted by molar-refractivity contribution is -0.147. The summed E-state index contributed by atoms with van der Waals surface area (Å²) in [6, 6.07) is 0. The van der Waals surface area contributed by atoms with Crippen molar-refractivity contribution in [2.75, 3.05) is 19.7 Å². The molecule has 0 heterocycles. The zero-order chi connectivity index (χ0) is 12.7. The summed E-state index contributed by atoms with van der Waals surface area (Å²) >= 11 is 0. The molecule has 0 fully saturated rings. The van der Waals surface area contributed by atoms with E-state index in [4.69, 9.17) is 15.3 Å². The van der Waals surface area contributed by atoms with Crippen molar-refractivity contribution in [3.05, 3.63) is 24.7 Å². The summed E-state index contributed by atoms with van der Waals surface area (Å²) in [5.74, 6) is -0.926. The van der Waals surface area contributed by atoms with Gasteiger partial charge in [-0.1, -0.05) is 13.2 Å². The Morgan fingerprint density at radius 3 is 2.06 bits per heavy atom. The van der Waals surface area contributed by atoms with E-state index in [2.05, 4.69) is 17.9 Å². The summed E-state index contributed by atoms with van der Waals surface area (Å²) in [6.07, 6.45) is -1.06. The zero-order valence-electron chi connectivity index (χ0n) is 9.22. The maximum Gasteiger partial charge on any atom is 0.249 e. The Kier molecular flexibility index (Phi) is 6.21. The van der Waals surface area contributed by atoms with E-state index in [1.54, 1.807) is 0 Å². The third kappa shape index (κ3) is 6.86. The number of hydrogen-bond acceptors (Lipinski definition) is 5. The molecule has 0 saturated carbocycles. The molecule has 0 radical (unpaired) electrons. The fraction of sp³-hybridized carbons (Fsp3) is 0.500. The highest BCUT2D eigenvalue weighted by Gasteiger charge is 2.16. The van der Waals surface area contributed by atoms with Crippen molar-refractivity contribution in [2.45, 2.75) is 13.2 Å². The third-order valence-corrected chi connectivity index (χ3v) is 1.55. The van der Waals surface area contributed by atoms with Crippen LogP contribution in [-0.4, -0.2) is 52.1 Å². The van der Waals surface area contributed by atoms with Crippen LogP contribution in [0.4, 0.5) is 0 Å². The summed E-state index contributed by atoms with van der Waals surface area (Å²) in [4.78, 5) is 12.6. The van der Waals surface area contributed by atoms with E-state index in [1.165, 1.54) is 6.92 Å². The van der Waals surface area contributed by atoms with E-state index in [1.807, 2.05) is 0 Å². The Balaban J connectivity index is 4.31. The summed E-state index contributed by atoms with van der Waals surface area (Å²) in [5, 5.41) is 26.8. The van der Waals surface area contributed by atoms with Crippen molar-refractivity contribution in [2.24, 2.45) is 0 Å². The summed E-state index contributed by atoms with van der Waals surface area (Å²) in [6.45, 7) is 7.25. The Hall–Kier alpha value is -1.53. The predicted octanol–water partition coefficient (Wildman–Crippen LogP) is 0.313. The number of hydrogen-bond donors (Lipinski definition) is 3. The van der Waals surface area contributed by atoms with Crippen molar-refractivity contribution in [1.82, 2.24) is 4.90 Å². The van der Waals surface area contributed by atoms with Gasteiger partial charge in [0.1, 0.15) is 18.1 Å². The van der Waals surface area contributed by atoms with E-state index in [0.717, 1.165) is 4.90 Å². The highest BCUT2D eigenvalue weighted by Crippen LogP contribution is 2.00. The van der Waals surface area contributed by atoms with Crippen molar-refractivity contribution in [3.63, 3.8) is 0 Å². The fourth-order valence-corrected chi connectivity index (χ4v) is 0.956. The van der Waals surface area contributed by atoms with Crippen molar-refractivity contribution in [3.8, 4) is 0 Å². The van der Waals surface area contributed by atoms with Crippen LogP contribution in [0.25, 0.3) is 0 Å². The first kappa shape index (κ1) is 14.5. The van der Waals surface area contributed by atoms with Crippen molar-refractivity contribution >= 4 is 5.91 Å². The second-order valence-electron chi connectivity index (χ2n) is 3.29. The molecule has 6 nitrogen and oxygen atoms in total. The second kappa shape index (κ2) is 6.86. The largest absolute Gasteiger partial charge is 0.511 e. The highest BCUT2D eigenvalue weighted by atomic mass is 16.6. The van der Waals surface area contributed by atoms with Crippen LogP contribution in [0.1, 0.15) is 6.92 Å². The van der Waals surface area contributed by atoms with Gasteiger partial charge in [-0.2, -0.15) is 0 Å². The van der Waals surface area contributed by atoms with Crippen LogP contribution in [0.3, 0.4) is 0 Å². The van der Waals surface area contributed by atoms with E-state index < -0.39 is 12.2 Å². The lowest BCUT2D eigenvalue weighted by Crippen LogP contribution is -2.37. The number of nitrogens with zero attached hydrogens (tertiary/aromatic N) is 1. The summed E-state index contributed by atoms with van der Waals surface area (Å²) in [5.41, 5.74) is 0. The van der Waals surface area contributed by atoms with Crippen LogP contribution < -0.4 is 0 Å². The molecule has 0 aromatic heterocycles. The molecule has 0 aliphatic rings. The van der Waals surface area contributed by atoms with Crippen LogP contribution in [0.2, 0.25) is 0 Å². The lowest BCUT2D eigenvalue weighted by atomic mass is 10.4. The minimum Gasteiger partial charge on any atom is -0.511 e. The molecule has 0 aromatic carbocycles. The maximum absolute atomic E-state index is 11.5. The minimum atomic E-state index is -1.06. The minimum absolute atomic E-state index is 0.123. The molecule has 1 amide bonds. The number of aliphatic hydroxyl groups is 3. The number of rotatable bonds is 7. The molecule has 0 bridgehead atoms. The van der Waals surface area contributed by atoms with Gasteiger partial charge in [0.25, 0.3) is 0 Å². The van der Waals surface area contributed by atoms with Gasteiger partial charge in [-0.3, -0.25) is 4.79 Å². The number of carbonyl (C=O) groups excluding carboxylic acids is 1. The van der Waals surface area contributed by atoms with Gasteiger partial charge in [0.05, 0.1) is 13.1 Å². The van der Waals surface area contributed by atoms with Gasteiger partial charge in [-0.15, -0.1) is 0 Å². The van der Waals surface area contributed by atoms with Crippen LogP contribution >= 0.6 is 0 Å². The molecule has 16 heavy (non-hydrogen) atoms. The van der Waals surface area contributed by atoms with E-state index in [-0.39, 0.29) is 31.2 Å². The van der Waals surface area contributed by atoms with E-state index in [9.17, 15) is 4.79 Å². The van der Waals surface area contributed by atoms with Gasteiger partial charge in [-0.25, -0.2) is 0 Å². The molecule has 0 spiro atoms. The molecule has 1 atom stereocenters. The molecule has 0 saturated heterocycles. The Bertz CT molecular complexity index is 258. The Morgan fingerprint density at radius 1 is 1.31 bits per heavy atom. The molecule has 3 N–H and O–H groups in total. The summed E-state index contributed by atoms with van der Waals surface area (Å²) in [7, 11) is 0. The number of carbonyl (C=O) groups is 1. The highest BCUT2D eigenvalue weighted by molar-refractivity contribution is 5.77. The predicted molar refractivity (Wildman–Crippen MR) is 57.8 cm³/mol. The maximum atomic E-state index is 11.5. The van der Waals surface area contributed by atoms with Crippen LogP contribution in [0.15, 0.2) is 24.7 Å². The van der Waals surface area contributed by atoms with Gasteiger partial charge in [0.15, 0.2) is 6.29 Å². The van der Waals surface area contributed by atoms with Gasteiger partial charge in [0.2, 0.25) is 5.91 Å². The molecule has 0 rings (SSSR count). The Labute approximate surface area is 94.1 Å². The normalized spacial score (nSPS) is 11.9. The van der Waals surface area contributed by atoms with Crippen LogP contribution in [0, 0.1) is 0 Å². The first-order valence-corrected chi connectivity index (χ1v) is 4.64. The Morgan fingerprint density at radius 2 is 1.75 bits per heavy atom. The number of aliphatic hydroxyl groups excluding tert-OH is 3. The lowest BCUT2D eigenvalue weighted by Gasteiger charge is -2.21. The molecule has 6 heteroatoms. The van der Waals surface area contributed by atoms with Crippen LogP contribution in [-0.2, 0) is 9.53 Å². The first-order valence-electron chi connectivity index (χ1n) is 4.64. The average molecular weight is 231 g/mol. The molecule has 1 unspecified atom stereocenters. The molecule has 0 aliphatic heterocycles. The van der Waals surface area contributed by atoms with Gasteiger partial charge < -0.3 is 25.0 Å². The van der Waals surface area contributed by atoms with Gasteiger partial charge in [-0.05, 0) is 6.92 Å². The topological polar surface area (TPSA) is 90.2 Å². The van der Waals surface area contributed by atoms with E-state index >= 15 is 0 Å². The first-order chi connectivity index (χ1) is 7.32. The smallest absolute Gasteiger partial charge is 0.249 e. The molecular weight excluding hydrogens is 214 g/mol. The van der Waals surface area contributed by atoms with Gasteiger partial charge >= 0.3 is 0 Å². The molecule has 0 aliphatic carbocycles. The quantitative estimate of drug-likeness (QED) is 0.433. The van der Waals surface area contributed by atoms with Crippen LogP contribution in [0.5, 0.6) is 0 Å². The molecule has 0 aromatic rings. The monoisotopic (exact) mass is 231 g/mol. The standard InChI is InChI=1S/C10H17NO5/c1-7(12)4-11(5-8(2)13)10(15)6-16-9(3)14/h9,12-14H,1-2,4-6H2,3H3. The fourth-order valence-electron chi connectivity index (χ4n) is 0.956. The van der Waals surface area contributed by atoms with Crippen molar-refractivity contribution < 1.29 is 24.9 Å². The average Bonchev–Trinajstić information content (AvgIpc) is 2.11. The van der Waals surface area contributed by atoms with Crippen molar-refractivity contribution in [1.29, 1.82) is 0 Å². The third-order valence-electron chi connectivity index (χ3n) is 1.55. The summed E-state index contributed by atoms with van der Waals surface area (Å²) < 4.78 is 4.69. The second-order valence-corrected chi connectivity index (χ2v) is 3.29. The van der Waals surface area contributed by atoms with Gasteiger partial charge in [0, 0.05) is 0 Å². The SMILES string of the molecule is C=C(O)CN(CC(=C)O)C(=O)COC(C)O. The molecule has 92 valence electrons. The zero-order valence-corrected chi connectivity index (χ0v) is 9.22. The van der Waals surface area contributed by atoms with E-state index in [0.29, 0.717) is 0 Å².